The number of fused-ring (bicyclic) bond motifs is 1. The Morgan fingerprint density at radius 2 is 2.21 bits per heavy atom. The normalized spacial score (nSPS) is 11.1. The minimum atomic E-state index is 0.354. The zero-order valence-electron chi connectivity index (χ0n) is 8.65. The van der Waals surface area contributed by atoms with Crippen molar-refractivity contribution in [3.8, 4) is 0 Å². The summed E-state index contributed by atoms with van der Waals surface area (Å²) in [5.41, 5.74) is 0.961. The number of aromatic nitrogens is 3. The van der Waals surface area contributed by atoms with Gasteiger partial charge >= 0.3 is 0 Å². The Morgan fingerprint density at radius 3 is 2.93 bits per heavy atom. The second kappa shape index (κ2) is 3.29. The van der Waals surface area contributed by atoms with Gasteiger partial charge in [0.25, 0.3) is 0 Å². The first kappa shape index (κ1) is 8.99. The highest BCUT2D eigenvalue weighted by atomic mass is 15.1. The van der Waals surface area contributed by atoms with Crippen LogP contribution in [0.25, 0.3) is 11.0 Å². The molecule has 2 rings (SSSR count). The summed E-state index contributed by atoms with van der Waals surface area (Å²) in [5, 5.41) is 4.25. The lowest BCUT2D eigenvalue weighted by molar-refractivity contribution is 0.871. The first-order valence-corrected chi connectivity index (χ1v) is 4.71. The van der Waals surface area contributed by atoms with E-state index in [9.17, 15) is 0 Å². The number of nitrogens with one attached hydrogen (secondary N) is 1. The van der Waals surface area contributed by atoms with Crippen LogP contribution in [0.4, 0.5) is 5.95 Å². The molecule has 1 N–H and O–H groups in total. The molecule has 0 saturated carbocycles. The van der Waals surface area contributed by atoms with Crippen LogP contribution >= 0.6 is 0 Å². The monoisotopic (exact) mass is 190 g/mol. The molecule has 0 fully saturated rings. The Balaban J connectivity index is 2.44. The standard InChI is InChI=1S/C10H14N4/c1-7(2)12-10-11-6-8-4-5-14(3)9(8)13-10/h4-7H,1-3H3,(H,11,12,13). The van der Waals surface area contributed by atoms with Gasteiger partial charge in [0.2, 0.25) is 5.95 Å². The number of rotatable bonds is 2. The third-order valence-electron chi connectivity index (χ3n) is 2.03. The molecule has 0 aliphatic heterocycles. The van der Waals surface area contributed by atoms with Crippen LogP contribution in [0, 0.1) is 0 Å². The summed E-state index contributed by atoms with van der Waals surface area (Å²) in [6.45, 7) is 4.14. The van der Waals surface area contributed by atoms with Gasteiger partial charge in [0.05, 0.1) is 0 Å². The van der Waals surface area contributed by atoms with E-state index in [1.54, 1.807) is 0 Å². The highest BCUT2D eigenvalue weighted by Crippen LogP contribution is 2.12. The summed E-state index contributed by atoms with van der Waals surface area (Å²) in [6, 6.07) is 2.36. The molecule has 0 aromatic carbocycles. The van der Waals surface area contributed by atoms with Crippen LogP contribution in [0.1, 0.15) is 13.8 Å². The van der Waals surface area contributed by atoms with Gasteiger partial charge in [-0.25, -0.2) is 4.98 Å². The van der Waals surface area contributed by atoms with Gasteiger partial charge in [0.15, 0.2) is 0 Å². The summed E-state index contributed by atoms with van der Waals surface area (Å²) in [6.07, 6.45) is 3.82. The predicted octanol–water partition coefficient (Wildman–Crippen LogP) is 1.79. The van der Waals surface area contributed by atoms with E-state index >= 15 is 0 Å². The van der Waals surface area contributed by atoms with Crippen molar-refractivity contribution in [2.75, 3.05) is 5.32 Å². The van der Waals surface area contributed by atoms with Crippen LogP contribution in [-0.4, -0.2) is 20.6 Å². The SMILES string of the molecule is CC(C)Nc1ncc2ccn(C)c2n1. The fraction of sp³-hybridized carbons (Fsp3) is 0.400. The highest BCUT2D eigenvalue weighted by Gasteiger charge is 2.03. The smallest absolute Gasteiger partial charge is 0.224 e. The average Bonchev–Trinajstić information content (AvgIpc) is 2.47. The topological polar surface area (TPSA) is 42.7 Å². The van der Waals surface area contributed by atoms with Gasteiger partial charge in [-0.15, -0.1) is 0 Å². The quantitative estimate of drug-likeness (QED) is 0.785. The van der Waals surface area contributed by atoms with Crippen molar-refractivity contribution in [1.29, 1.82) is 0 Å². The summed E-state index contributed by atoms with van der Waals surface area (Å²) in [4.78, 5) is 8.64. The molecule has 0 aliphatic rings. The van der Waals surface area contributed by atoms with Crippen molar-refractivity contribution >= 4 is 17.0 Å². The third-order valence-corrected chi connectivity index (χ3v) is 2.03. The predicted molar refractivity (Wildman–Crippen MR) is 57.3 cm³/mol. The summed E-state index contributed by atoms with van der Waals surface area (Å²) < 4.78 is 1.99. The van der Waals surface area contributed by atoms with Crippen LogP contribution in [-0.2, 0) is 7.05 Å². The Hall–Kier alpha value is -1.58. The van der Waals surface area contributed by atoms with Gasteiger partial charge in [0, 0.05) is 30.9 Å². The van der Waals surface area contributed by atoms with E-state index in [2.05, 4.69) is 29.1 Å². The van der Waals surface area contributed by atoms with E-state index in [0.717, 1.165) is 11.0 Å². The van der Waals surface area contributed by atoms with Crippen molar-refractivity contribution in [2.45, 2.75) is 19.9 Å². The van der Waals surface area contributed by atoms with Gasteiger partial charge < -0.3 is 9.88 Å². The molecular formula is C10H14N4. The summed E-state index contributed by atoms with van der Waals surface area (Å²) in [5.74, 6) is 0.689. The minimum absolute atomic E-state index is 0.354. The zero-order valence-corrected chi connectivity index (χ0v) is 8.65. The fourth-order valence-electron chi connectivity index (χ4n) is 1.37. The van der Waals surface area contributed by atoms with E-state index < -0.39 is 0 Å². The molecule has 4 heteroatoms. The first-order chi connectivity index (χ1) is 6.66. The van der Waals surface area contributed by atoms with Gasteiger partial charge in [-0.2, -0.15) is 4.98 Å². The van der Waals surface area contributed by atoms with E-state index in [0.29, 0.717) is 12.0 Å². The molecule has 2 heterocycles. The maximum absolute atomic E-state index is 4.42. The summed E-state index contributed by atoms with van der Waals surface area (Å²) >= 11 is 0. The number of aryl methyl sites for hydroxylation is 1. The van der Waals surface area contributed by atoms with Crippen LogP contribution < -0.4 is 5.32 Å². The molecule has 0 bridgehead atoms. The molecule has 14 heavy (non-hydrogen) atoms. The molecule has 2 aromatic rings. The number of hydrogen-bond acceptors (Lipinski definition) is 3. The second-order valence-electron chi connectivity index (χ2n) is 3.70. The van der Waals surface area contributed by atoms with Crippen molar-refractivity contribution in [1.82, 2.24) is 14.5 Å². The molecule has 0 amide bonds. The maximum atomic E-state index is 4.42. The molecular weight excluding hydrogens is 176 g/mol. The van der Waals surface area contributed by atoms with Gasteiger partial charge in [-0.1, -0.05) is 0 Å². The van der Waals surface area contributed by atoms with Crippen molar-refractivity contribution in [3.05, 3.63) is 18.5 Å². The molecule has 0 atom stereocenters. The lowest BCUT2D eigenvalue weighted by Crippen LogP contribution is -2.12. The van der Waals surface area contributed by atoms with Gasteiger partial charge in [-0.05, 0) is 19.9 Å². The number of anilines is 1. The number of nitrogens with zero attached hydrogens (tertiary/aromatic N) is 3. The average molecular weight is 190 g/mol. The number of hydrogen-bond donors (Lipinski definition) is 1. The Kier molecular flexibility index (Phi) is 2.11. The molecule has 0 saturated heterocycles. The largest absolute Gasteiger partial charge is 0.352 e. The van der Waals surface area contributed by atoms with Gasteiger partial charge in [-0.3, -0.25) is 0 Å². The lowest BCUT2D eigenvalue weighted by Gasteiger charge is -2.07. The molecule has 74 valence electrons. The van der Waals surface area contributed by atoms with Crippen molar-refractivity contribution in [2.24, 2.45) is 7.05 Å². The Bertz CT molecular complexity index is 444. The molecule has 0 radical (unpaired) electrons. The molecule has 2 aromatic heterocycles. The second-order valence-corrected chi connectivity index (χ2v) is 3.70. The van der Waals surface area contributed by atoms with E-state index in [-0.39, 0.29) is 0 Å². The van der Waals surface area contributed by atoms with E-state index in [1.165, 1.54) is 0 Å². The Labute approximate surface area is 83.0 Å². The molecule has 0 aliphatic carbocycles. The van der Waals surface area contributed by atoms with Crippen molar-refractivity contribution < 1.29 is 0 Å². The van der Waals surface area contributed by atoms with Crippen LogP contribution in [0.15, 0.2) is 18.5 Å². The zero-order chi connectivity index (χ0) is 10.1. The van der Waals surface area contributed by atoms with Gasteiger partial charge in [0.1, 0.15) is 5.65 Å². The fourth-order valence-corrected chi connectivity index (χ4v) is 1.37. The minimum Gasteiger partial charge on any atom is -0.352 e. The van der Waals surface area contributed by atoms with Crippen LogP contribution in [0.3, 0.4) is 0 Å². The molecule has 0 unspecified atom stereocenters. The van der Waals surface area contributed by atoms with E-state index in [1.807, 2.05) is 30.1 Å². The molecule has 0 spiro atoms. The van der Waals surface area contributed by atoms with E-state index in [4.69, 9.17) is 0 Å². The Morgan fingerprint density at radius 1 is 1.43 bits per heavy atom. The lowest BCUT2D eigenvalue weighted by atomic mass is 10.4. The summed E-state index contributed by atoms with van der Waals surface area (Å²) in [7, 11) is 1.98. The third kappa shape index (κ3) is 1.55. The maximum Gasteiger partial charge on any atom is 0.224 e. The highest BCUT2D eigenvalue weighted by molar-refractivity contribution is 5.76. The van der Waals surface area contributed by atoms with Crippen LogP contribution in [0.2, 0.25) is 0 Å². The first-order valence-electron chi connectivity index (χ1n) is 4.71. The van der Waals surface area contributed by atoms with Crippen LogP contribution in [0.5, 0.6) is 0 Å². The van der Waals surface area contributed by atoms with Crippen molar-refractivity contribution in [3.63, 3.8) is 0 Å². The molecule has 4 nitrogen and oxygen atoms in total.